The molecule has 0 fully saturated rings. The maximum atomic E-state index is 12.5. The molecule has 4 rings (SSSR count). The van der Waals surface area contributed by atoms with E-state index in [2.05, 4.69) is 10.3 Å². The molecule has 0 spiro atoms. The predicted octanol–water partition coefficient (Wildman–Crippen LogP) is 3.41. The maximum absolute atomic E-state index is 12.5. The fraction of sp³-hybridized carbons (Fsp3) is 0.211. The molecular formula is C19H17ClN2O3. The van der Waals surface area contributed by atoms with Gasteiger partial charge in [0.1, 0.15) is 11.8 Å². The highest BCUT2D eigenvalue weighted by molar-refractivity contribution is 6.31. The third-order valence-electron chi connectivity index (χ3n) is 4.62. The number of benzene rings is 2. The van der Waals surface area contributed by atoms with Crippen LogP contribution >= 0.6 is 11.6 Å². The number of anilines is 1. The van der Waals surface area contributed by atoms with Crippen LogP contribution in [-0.2, 0) is 6.42 Å². The number of H-pyrrole nitrogens is 1. The summed E-state index contributed by atoms with van der Waals surface area (Å²) >= 11 is 5.97. The van der Waals surface area contributed by atoms with Gasteiger partial charge in [0, 0.05) is 21.6 Å². The summed E-state index contributed by atoms with van der Waals surface area (Å²) in [4.78, 5) is 15.6. The summed E-state index contributed by atoms with van der Waals surface area (Å²) in [6.07, 6.45) is -0.422. The van der Waals surface area contributed by atoms with Crippen LogP contribution in [0.2, 0.25) is 5.02 Å². The standard InChI is InChI=1S/C19H17ClN2O3/c20-12-2-5-15-11(7-12)9-16(22-15)19(25)21-13-3-4-14-10(8-13)1-6-17(23)18(14)24/h2-5,7-9,17-18,22-24H,1,6H2,(H,21,25)/t17-,18+/m0/s1. The Kier molecular flexibility index (Phi) is 4.00. The first-order valence-electron chi connectivity index (χ1n) is 8.10. The summed E-state index contributed by atoms with van der Waals surface area (Å²) in [6.45, 7) is 0. The molecule has 1 heterocycles. The molecule has 0 saturated heterocycles. The molecule has 0 unspecified atom stereocenters. The summed E-state index contributed by atoms with van der Waals surface area (Å²) in [5.74, 6) is -0.247. The van der Waals surface area contributed by atoms with Gasteiger partial charge in [0.2, 0.25) is 0 Å². The number of aryl methyl sites for hydroxylation is 1. The van der Waals surface area contributed by atoms with E-state index >= 15 is 0 Å². The number of aromatic amines is 1. The lowest BCUT2D eigenvalue weighted by Gasteiger charge is -2.26. The van der Waals surface area contributed by atoms with Gasteiger partial charge in [0.25, 0.3) is 5.91 Å². The fourth-order valence-corrected chi connectivity index (χ4v) is 3.46. The number of hydrogen-bond donors (Lipinski definition) is 4. The van der Waals surface area contributed by atoms with Crippen LogP contribution in [0.15, 0.2) is 42.5 Å². The molecule has 128 valence electrons. The second-order valence-electron chi connectivity index (χ2n) is 6.33. The van der Waals surface area contributed by atoms with E-state index in [0.29, 0.717) is 29.2 Å². The van der Waals surface area contributed by atoms with E-state index in [1.54, 1.807) is 30.3 Å². The molecule has 25 heavy (non-hydrogen) atoms. The highest BCUT2D eigenvalue weighted by atomic mass is 35.5. The highest BCUT2D eigenvalue weighted by Crippen LogP contribution is 2.32. The van der Waals surface area contributed by atoms with Crippen molar-refractivity contribution < 1.29 is 15.0 Å². The molecule has 1 aliphatic rings. The Hall–Kier alpha value is -2.34. The quantitative estimate of drug-likeness (QED) is 0.567. The zero-order valence-corrected chi connectivity index (χ0v) is 14.0. The Morgan fingerprint density at radius 3 is 2.84 bits per heavy atom. The average molecular weight is 357 g/mol. The van der Waals surface area contributed by atoms with Gasteiger partial charge in [-0.2, -0.15) is 0 Å². The van der Waals surface area contributed by atoms with Gasteiger partial charge in [-0.25, -0.2) is 0 Å². The molecule has 2 aromatic carbocycles. The topological polar surface area (TPSA) is 85.3 Å². The van der Waals surface area contributed by atoms with Crippen LogP contribution in [0.3, 0.4) is 0 Å². The van der Waals surface area contributed by atoms with E-state index in [1.807, 2.05) is 12.1 Å². The highest BCUT2D eigenvalue weighted by Gasteiger charge is 2.26. The van der Waals surface area contributed by atoms with Crippen LogP contribution in [0.5, 0.6) is 0 Å². The van der Waals surface area contributed by atoms with E-state index in [4.69, 9.17) is 11.6 Å². The number of carbonyl (C=O) groups is 1. The normalized spacial score (nSPS) is 19.6. The summed E-state index contributed by atoms with van der Waals surface area (Å²) in [6, 6.07) is 12.5. The van der Waals surface area contributed by atoms with Gasteiger partial charge in [-0.1, -0.05) is 17.7 Å². The third kappa shape index (κ3) is 3.02. The van der Waals surface area contributed by atoms with Crippen molar-refractivity contribution in [2.45, 2.75) is 25.0 Å². The van der Waals surface area contributed by atoms with Crippen LogP contribution in [0.4, 0.5) is 5.69 Å². The number of carbonyl (C=O) groups excluding carboxylic acids is 1. The Balaban J connectivity index is 1.58. The van der Waals surface area contributed by atoms with Gasteiger partial charge in [-0.3, -0.25) is 4.79 Å². The molecule has 4 N–H and O–H groups in total. The molecule has 2 atom stereocenters. The number of rotatable bonds is 2. The number of aliphatic hydroxyl groups is 2. The Labute approximate surface area is 149 Å². The van der Waals surface area contributed by atoms with Crippen LogP contribution in [0.25, 0.3) is 10.9 Å². The van der Waals surface area contributed by atoms with Gasteiger partial charge in [-0.05, 0) is 60.4 Å². The summed E-state index contributed by atoms with van der Waals surface area (Å²) in [5, 5.41) is 24.1. The lowest BCUT2D eigenvalue weighted by Crippen LogP contribution is -2.25. The van der Waals surface area contributed by atoms with Crippen molar-refractivity contribution in [2.24, 2.45) is 0 Å². The van der Waals surface area contributed by atoms with Gasteiger partial charge in [-0.15, -0.1) is 0 Å². The lowest BCUT2D eigenvalue weighted by atomic mass is 9.87. The summed E-state index contributed by atoms with van der Waals surface area (Å²) < 4.78 is 0. The third-order valence-corrected chi connectivity index (χ3v) is 4.86. The second kappa shape index (κ2) is 6.19. The van der Waals surface area contributed by atoms with E-state index in [0.717, 1.165) is 22.0 Å². The van der Waals surface area contributed by atoms with Crippen molar-refractivity contribution in [3.8, 4) is 0 Å². The van der Waals surface area contributed by atoms with Crippen molar-refractivity contribution in [2.75, 3.05) is 5.32 Å². The second-order valence-corrected chi connectivity index (χ2v) is 6.77. The average Bonchev–Trinajstić information content (AvgIpc) is 3.01. The maximum Gasteiger partial charge on any atom is 0.272 e. The molecule has 1 aliphatic carbocycles. The minimum Gasteiger partial charge on any atom is -0.390 e. The summed E-state index contributed by atoms with van der Waals surface area (Å²) in [7, 11) is 0. The van der Waals surface area contributed by atoms with Crippen LogP contribution < -0.4 is 5.32 Å². The first kappa shape index (κ1) is 16.1. The molecule has 0 bridgehead atoms. The molecule has 0 saturated carbocycles. The number of hydrogen-bond acceptors (Lipinski definition) is 3. The van der Waals surface area contributed by atoms with E-state index in [1.165, 1.54) is 0 Å². The van der Waals surface area contributed by atoms with Crippen LogP contribution in [-0.4, -0.2) is 27.2 Å². The number of aliphatic hydroxyl groups excluding tert-OH is 2. The Morgan fingerprint density at radius 1 is 1.16 bits per heavy atom. The van der Waals surface area contributed by atoms with Gasteiger partial charge in [0.15, 0.2) is 0 Å². The van der Waals surface area contributed by atoms with Crippen molar-refractivity contribution >= 4 is 34.1 Å². The van der Waals surface area contributed by atoms with Gasteiger partial charge >= 0.3 is 0 Å². The smallest absolute Gasteiger partial charge is 0.272 e. The van der Waals surface area contributed by atoms with Gasteiger partial charge < -0.3 is 20.5 Å². The molecular weight excluding hydrogens is 340 g/mol. The van der Waals surface area contributed by atoms with E-state index < -0.39 is 12.2 Å². The van der Waals surface area contributed by atoms with Gasteiger partial charge in [0.05, 0.1) is 6.10 Å². The zero-order valence-electron chi connectivity index (χ0n) is 13.3. The molecule has 3 aromatic rings. The Morgan fingerprint density at radius 2 is 2.00 bits per heavy atom. The first-order valence-corrected chi connectivity index (χ1v) is 8.47. The fourth-order valence-electron chi connectivity index (χ4n) is 3.28. The van der Waals surface area contributed by atoms with Crippen molar-refractivity contribution in [3.05, 3.63) is 64.3 Å². The SMILES string of the molecule is O=C(Nc1ccc2c(c1)CC[C@H](O)[C@@H]2O)c1cc2cc(Cl)ccc2[nH]1. The molecule has 1 amide bonds. The first-order chi connectivity index (χ1) is 12.0. The Bertz CT molecular complexity index is 966. The van der Waals surface area contributed by atoms with E-state index in [9.17, 15) is 15.0 Å². The minimum atomic E-state index is -0.869. The van der Waals surface area contributed by atoms with Crippen LogP contribution in [0, 0.1) is 0 Å². The monoisotopic (exact) mass is 356 g/mol. The predicted molar refractivity (Wildman–Crippen MR) is 97.0 cm³/mol. The number of halogens is 1. The number of amides is 1. The van der Waals surface area contributed by atoms with Crippen molar-refractivity contribution in [1.29, 1.82) is 0 Å². The van der Waals surface area contributed by atoms with E-state index in [-0.39, 0.29) is 5.91 Å². The molecule has 0 radical (unpaired) electrons. The number of fused-ring (bicyclic) bond motifs is 2. The lowest BCUT2D eigenvalue weighted by molar-refractivity contribution is 0.00651. The van der Waals surface area contributed by atoms with Crippen LogP contribution in [0.1, 0.15) is 34.1 Å². The van der Waals surface area contributed by atoms with Crippen molar-refractivity contribution in [1.82, 2.24) is 4.98 Å². The molecule has 5 nitrogen and oxygen atoms in total. The number of aromatic nitrogens is 1. The molecule has 1 aromatic heterocycles. The minimum absolute atomic E-state index is 0.247. The summed E-state index contributed by atoms with van der Waals surface area (Å²) in [5.41, 5.74) is 3.61. The van der Waals surface area contributed by atoms with Crippen molar-refractivity contribution in [3.63, 3.8) is 0 Å². The zero-order chi connectivity index (χ0) is 17.6. The molecule has 0 aliphatic heterocycles. The largest absolute Gasteiger partial charge is 0.390 e. The molecule has 6 heteroatoms. The number of nitrogens with one attached hydrogen (secondary N) is 2.